The van der Waals surface area contributed by atoms with Crippen LogP contribution in [-0.4, -0.2) is 67.1 Å². The van der Waals surface area contributed by atoms with E-state index in [2.05, 4.69) is 30.5 Å². The number of ether oxygens (including phenoxy) is 3. The van der Waals surface area contributed by atoms with Crippen molar-refractivity contribution in [2.45, 2.75) is 35.8 Å². The zero-order chi connectivity index (χ0) is 23.9. The third-order valence-electron chi connectivity index (χ3n) is 6.90. The minimum atomic E-state index is -3.69. The Morgan fingerprint density at radius 3 is 2.32 bits per heavy atom. The summed E-state index contributed by atoms with van der Waals surface area (Å²) in [4.78, 5) is 4.70. The molecule has 184 valence electrons. The SMILES string of the molecule is COc1ccc(N2CCN(c3cc(Br)ccc3S(=O)(=O)NC3COC4(CC4)C3)CC2)c(OC)c1. The molecule has 0 aromatic heterocycles. The van der Waals surface area contributed by atoms with Gasteiger partial charge in [-0.25, -0.2) is 13.1 Å². The summed E-state index contributed by atoms with van der Waals surface area (Å²) in [6.07, 6.45) is 2.80. The van der Waals surface area contributed by atoms with Gasteiger partial charge in [0, 0.05) is 42.8 Å². The molecule has 1 aliphatic carbocycles. The topological polar surface area (TPSA) is 80.3 Å². The third kappa shape index (κ3) is 4.73. The molecular weight excluding hydrogens is 522 g/mol. The summed E-state index contributed by atoms with van der Waals surface area (Å²) in [5.74, 6) is 1.51. The second-order valence-electron chi connectivity index (χ2n) is 9.14. The van der Waals surface area contributed by atoms with Gasteiger partial charge in [-0.15, -0.1) is 0 Å². The van der Waals surface area contributed by atoms with Crippen molar-refractivity contribution in [3.63, 3.8) is 0 Å². The lowest BCUT2D eigenvalue weighted by atomic mass is 10.2. The first-order valence-electron chi connectivity index (χ1n) is 11.5. The van der Waals surface area contributed by atoms with Crippen molar-refractivity contribution < 1.29 is 22.6 Å². The maximum absolute atomic E-state index is 13.4. The predicted octanol–water partition coefficient (Wildman–Crippen LogP) is 3.39. The molecule has 1 N–H and O–H groups in total. The third-order valence-corrected chi connectivity index (χ3v) is 8.96. The van der Waals surface area contributed by atoms with E-state index in [0.29, 0.717) is 30.3 Å². The molecule has 3 fully saturated rings. The Morgan fingerprint density at radius 1 is 1.00 bits per heavy atom. The largest absolute Gasteiger partial charge is 0.497 e. The molecule has 1 unspecified atom stereocenters. The van der Waals surface area contributed by atoms with Gasteiger partial charge in [0.25, 0.3) is 0 Å². The van der Waals surface area contributed by atoms with Gasteiger partial charge in [0.15, 0.2) is 0 Å². The summed E-state index contributed by atoms with van der Waals surface area (Å²) in [7, 11) is -0.399. The average molecular weight is 552 g/mol. The molecule has 1 atom stereocenters. The highest BCUT2D eigenvalue weighted by atomic mass is 79.9. The number of hydrogen-bond donors (Lipinski definition) is 1. The highest BCUT2D eigenvalue weighted by molar-refractivity contribution is 9.10. The lowest BCUT2D eigenvalue weighted by molar-refractivity contribution is 0.0893. The van der Waals surface area contributed by atoms with Crippen molar-refractivity contribution in [2.75, 3.05) is 56.8 Å². The molecule has 34 heavy (non-hydrogen) atoms. The van der Waals surface area contributed by atoms with Gasteiger partial charge >= 0.3 is 0 Å². The Balaban J connectivity index is 1.33. The van der Waals surface area contributed by atoms with E-state index in [4.69, 9.17) is 14.2 Å². The molecule has 0 amide bonds. The second-order valence-corrected chi connectivity index (χ2v) is 11.7. The highest BCUT2D eigenvalue weighted by Gasteiger charge is 2.50. The smallest absolute Gasteiger partial charge is 0.242 e. The van der Waals surface area contributed by atoms with Crippen LogP contribution in [0.1, 0.15) is 19.3 Å². The zero-order valence-electron chi connectivity index (χ0n) is 19.4. The normalized spacial score (nSPS) is 21.7. The number of hydrogen-bond acceptors (Lipinski definition) is 7. The van der Waals surface area contributed by atoms with Gasteiger partial charge in [-0.2, -0.15) is 0 Å². The molecule has 2 aromatic carbocycles. The van der Waals surface area contributed by atoms with Gasteiger partial charge in [-0.3, -0.25) is 0 Å². The van der Waals surface area contributed by atoms with Gasteiger partial charge < -0.3 is 24.0 Å². The van der Waals surface area contributed by atoms with Crippen LogP contribution < -0.4 is 24.0 Å². The summed E-state index contributed by atoms with van der Waals surface area (Å²) in [6.45, 7) is 3.28. The summed E-state index contributed by atoms with van der Waals surface area (Å²) in [6, 6.07) is 11.0. The fraction of sp³-hybridized carbons (Fsp3) is 0.500. The number of nitrogens with one attached hydrogen (secondary N) is 1. The fourth-order valence-corrected chi connectivity index (χ4v) is 6.67. The molecular formula is C24H30BrN3O5S. The van der Waals surface area contributed by atoms with E-state index < -0.39 is 10.0 Å². The molecule has 2 saturated heterocycles. The Morgan fingerprint density at radius 2 is 1.71 bits per heavy atom. The molecule has 3 aliphatic rings. The van der Waals surface area contributed by atoms with Gasteiger partial charge in [0.2, 0.25) is 10.0 Å². The number of anilines is 2. The monoisotopic (exact) mass is 551 g/mol. The van der Waals surface area contributed by atoms with Gasteiger partial charge in [-0.1, -0.05) is 15.9 Å². The first-order chi connectivity index (χ1) is 16.3. The van der Waals surface area contributed by atoms with Crippen LogP contribution in [0.2, 0.25) is 0 Å². The molecule has 2 aromatic rings. The molecule has 1 saturated carbocycles. The van der Waals surface area contributed by atoms with E-state index in [1.165, 1.54) is 0 Å². The Bertz CT molecular complexity index is 1160. The standard InChI is InChI=1S/C24H30BrN3O5S/c1-31-19-4-5-20(22(14-19)32-2)27-9-11-28(12-10-27)21-13-17(25)3-6-23(21)34(29,30)26-18-15-24(7-8-24)33-16-18/h3-6,13-14,18,26H,7-12,15-16H2,1-2H3. The van der Waals surface area contributed by atoms with Gasteiger partial charge in [-0.05, 0) is 49.6 Å². The maximum atomic E-state index is 13.4. The number of halogens is 1. The van der Waals surface area contributed by atoms with E-state index in [1.807, 2.05) is 24.3 Å². The number of rotatable bonds is 7. The zero-order valence-corrected chi connectivity index (χ0v) is 21.8. The first kappa shape index (κ1) is 23.7. The van der Waals surface area contributed by atoms with Crippen molar-refractivity contribution in [1.82, 2.24) is 4.72 Å². The van der Waals surface area contributed by atoms with E-state index >= 15 is 0 Å². The van der Waals surface area contributed by atoms with Crippen LogP contribution in [0.15, 0.2) is 45.8 Å². The number of methoxy groups -OCH3 is 2. The Labute approximate surface area is 209 Å². The van der Waals surface area contributed by atoms with Crippen molar-refractivity contribution >= 4 is 37.3 Å². The predicted molar refractivity (Wildman–Crippen MR) is 135 cm³/mol. The highest BCUT2D eigenvalue weighted by Crippen LogP contribution is 2.47. The van der Waals surface area contributed by atoms with Crippen molar-refractivity contribution in [3.05, 3.63) is 40.9 Å². The number of sulfonamides is 1. The molecule has 8 nitrogen and oxygen atoms in total. The molecule has 0 radical (unpaired) electrons. The van der Waals surface area contributed by atoms with Crippen LogP contribution in [0.5, 0.6) is 11.5 Å². The minimum Gasteiger partial charge on any atom is -0.497 e. The fourth-order valence-electron chi connectivity index (χ4n) is 4.89. The molecule has 2 heterocycles. The van der Waals surface area contributed by atoms with Crippen LogP contribution in [0.4, 0.5) is 11.4 Å². The van der Waals surface area contributed by atoms with Gasteiger partial charge in [0.1, 0.15) is 16.4 Å². The summed E-state index contributed by atoms with van der Waals surface area (Å²) in [5.41, 5.74) is 1.64. The first-order valence-corrected chi connectivity index (χ1v) is 13.8. The van der Waals surface area contributed by atoms with Crippen LogP contribution >= 0.6 is 15.9 Å². The number of nitrogens with zero attached hydrogens (tertiary/aromatic N) is 2. The Kier molecular flexibility index (Phi) is 6.43. The lowest BCUT2D eigenvalue weighted by Gasteiger charge is -2.38. The van der Waals surface area contributed by atoms with Crippen LogP contribution in [0.3, 0.4) is 0 Å². The number of benzene rings is 2. The van der Waals surface area contributed by atoms with E-state index in [1.54, 1.807) is 26.4 Å². The lowest BCUT2D eigenvalue weighted by Crippen LogP contribution is -2.47. The van der Waals surface area contributed by atoms with E-state index in [9.17, 15) is 8.42 Å². The van der Waals surface area contributed by atoms with Crippen LogP contribution in [-0.2, 0) is 14.8 Å². The van der Waals surface area contributed by atoms with E-state index in [-0.39, 0.29) is 11.6 Å². The maximum Gasteiger partial charge on any atom is 0.242 e. The van der Waals surface area contributed by atoms with Crippen molar-refractivity contribution in [3.8, 4) is 11.5 Å². The minimum absolute atomic E-state index is 0.0748. The molecule has 1 spiro atoms. The summed E-state index contributed by atoms with van der Waals surface area (Å²) >= 11 is 3.52. The van der Waals surface area contributed by atoms with Crippen LogP contribution in [0, 0.1) is 0 Å². The summed E-state index contributed by atoms with van der Waals surface area (Å²) < 4.78 is 47.2. The quantitative estimate of drug-likeness (QED) is 0.564. The number of piperazine rings is 1. The van der Waals surface area contributed by atoms with Crippen molar-refractivity contribution in [2.24, 2.45) is 0 Å². The molecule has 0 bridgehead atoms. The second kappa shape index (κ2) is 9.22. The van der Waals surface area contributed by atoms with Crippen LogP contribution in [0.25, 0.3) is 0 Å². The van der Waals surface area contributed by atoms with Gasteiger partial charge in [0.05, 0.1) is 37.8 Å². The Hall–Kier alpha value is -2.01. The van der Waals surface area contributed by atoms with E-state index in [0.717, 1.165) is 54.0 Å². The van der Waals surface area contributed by atoms with Crippen molar-refractivity contribution in [1.29, 1.82) is 0 Å². The molecule has 5 rings (SSSR count). The summed E-state index contributed by atoms with van der Waals surface area (Å²) in [5, 5.41) is 0. The molecule has 10 heteroatoms. The average Bonchev–Trinajstić information content (AvgIpc) is 3.49. The molecule has 2 aliphatic heterocycles.